The van der Waals surface area contributed by atoms with Crippen molar-refractivity contribution in [2.75, 3.05) is 0 Å². The topological polar surface area (TPSA) is 120 Å². The molecular weight excluding hydrogens is 852 g/mol. The van der Waals surface area contributed by atoms with Gasteiger partial charge in [0.2, 0.25) is 0 Å². The number of aryl methyl sites for hydroxylation is 9. The molecule has 60 heavy (non-hydrogen) atoms. The SMILES string of the molecule is Cc1cc2c([cH-]1)CCCC2.Cc1cc2c([cH-]1)CCCC2.Cc1cc2c([cH-]1)CCCC2.O=C([O-])c1ccccc1.O=C([O-])c1ccccc1.O=C([O-])c1ccccc1.[Ti+2].[Ti+2].[Ti+2]. The van der Waals surface area contributed by atoms with Crippen molar-refractivity contribution < 1.29 is 94.9 Å². The largest absolute Gasteiger partial charge is 2.00 e. The maximum absolute atomic E-state index is 10.1. The molecule has 9 heteroatoms. The Labute approximate surface area is 401 Å². The fourth-order valence-corrected chi connectivity index (χ4v) is 7.34. The van der Waals surface area contributed by atoms with Gasteiger partial charge in [-0.15, -0.1) is 0 Å². The number of fused-ring (bicyclic) bond motifs is 3. The molecule has 9 rings (SSSR count). The molecule has 0 heterocycles. The summed E-state index contributed by atoms with van der Waals surface area (Å²) in [7, 11) is 0. The van der Waals surface area contributed by atoms with Gasteiger partial charge in [-0.3, -0.25) is 0 Å². The number of benzene rings is 3. The summed E-state index contributed by atoms with van der Waals surface area (Å²) in [5.41, 5.74) is 14.7. The van der Waals surface area contributed by atoms with Crippen molar-refractivity contribution in [2.45, 2.75) is 97.8 Å². The van der Waals surface area contributed by atoms with E-state index in [9.17, 15) is 29.7 Å². The fraction of sp³-hybridized carbons (Fsp3) is 0.294. The second-order valence-electron chi connectivity index (χ2n) is 14.8. The van der Waals surface area contributed by atoms with Crippen LogP contribution in [0, 0.1) is 20.8 Å². The zero-order chi connectivity index (χ0) is 41.0. The van der Waals surface area contributed by atoms with Gasteiger partial charge in [0.05, 0.1) is 17.9 Å². The number of carbonyl (C=O) groups excluding carboxylic acids is 3. The Balaban J connectivity index is 0.000000357. The van der Waals surface area contributed by atoms with Crippen molar-refractivity contribution in [3.05, 3.63) is 194 Å². The summed E-state index contributed by atoms with van der Waals surface area (Å²) in [5, 5.41) is 30.3. The summed E-state index contributed by atoms with van der Waals surface area (Å²) >= 11 is 0. The van der Waals surface area contributed by atoms with Crippen LogP contribution in [0.3, 0.4) is 0 Å². The van der Waals surface area contributed by atoms with E-state index in [2.05, 4.69) is 57.2 Å². The number of hydrogen-bond acceptors (Lipinski definition) is 6. The van der Waals surface area contributed by atoms with Gasteiger partial charge in [-0.25, -0.2) is 18.2 Å². The first kappa shape index (κ1) is 54.3. The number of carboxylic acids is 3. The van der Waals surface area contributed by atoms with Crippen molar-refractivity contribution >= 4 is 17.9 Å². The molecule has 0 aliphatic heterocycles. The Morgan fingerprint density at radius 1 is 0.383 bits per heavy atom. The zero-order valence-electron chi connectivity index (χ0n) is 35.1. The fourth-order valence-electron chi connectivity index (χ4n) is 7.34. The van der Waals surface area contributed by atoms with Gasteiger partial charge in [0.25, 0.3) is 0 Å². The Bertz CT molecular complexity index is 1800. The monoisotopic (exact) mass is 906 g/mol. The van der Waals surface area contributed by atoms with E-state index in [1.54, 1.807) is 88.0 Å². The Morgan fingerprint density at radius 2 is 0.600 bits per heavy atom. The Hall–Kier alpha value is -3.74. The van der Waals surface area contributed by atoms with Crippen LogP contribution in [0.4, 0.5) is 0 Å². The number of carboxylic acid groups (broad SMARTS) is 3. The smallest absolute Gasteiger partial charge is 0.545 e. The van der Waals surface area contributed by atoms with E-state index < -0.39 is 17.9 Å². The third-order valence-electron chi connectivity index (χ3n) is 10.1. The molecular formula is C51H54O6Ti3. The molecule has 0 spiro atoms. The van der Waals surface area contributed by atoms with Crippen LogP contribution in [0.2, 0.25) is 0 Å². The summed E-state index contributed by atoms with van der Waals surface area (Å²) in [4.78, 5) is 30.3. The number of aromatic carboxylic acids is 3. The van der Waals surface area contributed by atoms with Crippen LogP contribution in [0.25, 0.3) is 0 Å². The molecule has 6 nitrogen and oxygen atoms in total. The second-order valence-corrected chi connectivity index (χ2v) is 14.8. The van der Waals surface area contributed by atoms with Crippen molar-refractivity contribution in [3.63, 3.8) is 0 Å². The minimum atomic E-state index is -1.13. The van der Waals surface area contributed by atoms with Crippen LogP contribution < -0.4 is 15.3 Å². The van der Waals surface area contributed by atoms with Gasteiger partial charge in [0, 0.05) is 0 Å². The van der Waals surface area contributed by atoms with Crippen LogP contribution in [0.5, 0.6) is 0 Å². The summed E-state index contributed by atoms with van der Waals surface area (Å²) in [6.45, 7) is 6.58. The minimum absolute atomic E-state index is 0. The van der Waals surface area contributed by atoms with E-state index in [1.807, 2.05) is 0 Å². The quantitative estimate of drug-likeness (QED) is 0.132. The third kappa shape index (κ3) is 19.3. The minimum Gasteiger partial charge on any atom is -0.545 e. The van der Waals surface area contributed by atoms with Crippen molar-refractivity contribution in [3.8, 4) is 0 Å². The van der Waals surface area contributed by atoms with Gasteiger partial charge < -0.3 is 29.7 Å². The molecule has 0 amide bonds. The summed E-state index contributed by atoms with van der Waals surface area (Å²) < 4.78 is 0. The Morgan fingerprint density at radius 3 is 0.783 bits per heavy atom. The predicted octanol–water partition coefficient (Wildman–Crippen LogP) is 7.92. The number of hydrogen-bond donors (Lipinski definition) is 0. The molecule has 0 N–H and O–H groups in total. The van der Waals surface area contributed by atoms with E-state index >= 15 is 0 Å². The molecule has 6 aromatic rings. The summed E-state index contributed by atoms with van der Waals surface area (Å²) in [5.74, 6) is -3.39. The standard InChI is InChI=1S/3C10H13.3C7H6O2.3Ti/c3*1-8-6-9-4-2-3-5-10(9)7-8;3*8-7(9)6-4-2-1-3-5-6;;;/h3*6-7H,2-5H2,1H3;3*1-5H,(H,8,9);;;/q3*-1;;;;3*+2/p-3. The van der Waals surface area contributed by atoms with E-state index in [1.165, 1.54) is 130 Å². The molecule has 0 radical (unpaired) electrons. The van der Waals surface area contributed by atoms with Gasteiger partial charge >= 0.3 is 65.2 Å². The molecule has 0 unspecified atom stereocenters. The molecule has 0 saturated carbocycles. The molecule has 0 bridgehead atoms. The van der Waals surface area contributed by atoms with Crippen molar-refractivity contribution in [1.82, 2.24) is 0 Å². The number of carbonyl (C=O) groups is 3. The first-order valence-corrected chi connectivity index (χ1v) is 20.0. The van der Waals surface area contributed by atoms with Crippen LogP contribution in [-0.4, -0.2) is 17.9 Å². The maximum atomic E-state index is 10.1. The summed E-state index contributed by atoms with van der Waals surface area (Å²) in [6, 6.07) is 38.2. The first-order chi connectivity index (χ1) is 27.5. The van der Waals surface area contributed by atoms with Crippen LogP contribution in [0.15, 0.2) is 127 Å². The zero-order valence-corrected chi connectivity index (χ0v) is 39.7. The molecule has 3 aliphatic carbocycles. The van der Waals surface area contributed by atoms with E-state index in [0.717, 1.165) is 0 Å². The van der Waals surface area contributed by atoms with Gasteiger partial charge in [0.15, 0.2) is 0 Å². The normalized spacial score (nSPS) is 12.4. The Kier molecular flexibility index (Phi) is 26.7. The first-order valence-electron chi connectivity index (χ1n) is 20.0. The van der Waals surface area contributed by atoms with E-state index in [-0.39, 0.29) is 81.8 Å². The van der Waals surface area contributed by atoms with Gasteiger partial charge in [-0.05, 0) is 16.7 Å². The molecule has 6 aromatic carbocycles. The maximum Gasteiger partial charge on any atom is 2.00 e. The molecule has 0 saturated heterocycles. The molecule has 3 aliphatic rings. The predicted molar refractivity (Wildman–Crippen MR) is 223 cm³/mol. The third-order valence-corrected chi connectivity index (χ3v) is 10.1. The van der Waals surface area contributed by atoms with Gasteiger partial charge in [-0.1, -0.05) is 189 Å². The van der Waals surface area contributed by atoms with Crippen molar-refractivity contribution in [1.29, 1.82) is 0 Å². The van der Waals surface area contributed by atoms with Crippen molar-refractivity contribution in [2.24, 2.45) is 0 Å². The van der Waals surface area contributed by atoms with E-state index in [4.69, 9.17) is 0 Å². The van der Waals surface area contributed by atoms with Gasteiger partial charge in [-0.2, -0.15) is 68.3 Å². The average molecular weight is 907 g/mol. The van der Waals surface area contributed by atoms with E-state index in [0.29, 0.717) is 0 Å². The average Bonchev–Trinajstić information content (AvgIpc) is 3.93. The molecule has 306 valence electrons. The molecule has 0 fully saturated rings. The van der Waals surface area contributed by atoms with Gasteiger partial charge in [0.1, 0.15) is 0 Å². The van der Waals surface area contributed by atoms with Crippen LogP contribution in [0.1, 0.15) is 120 Å². The summed E-state index contributed by atoms with van der Waals surface area (Å²) in [6.07, 6.45) is 16.3. The second kappa shape index (κ2) is 29.5. The molecule has 0 aromatic heterocycles. The number of rotatable bonds is 3. The van der Waals surface area contributed by atoms with Crippen LogP contribution >= 0.6 is 0 Å². The molecule has 0 atom stereocenters. The van der Waals surface area contributed by atoms with Crippen LogP contribution in [-0.2, 0) is 104 Å².